The van der Waals surface area contributed by atoms with Gasteiger partial charge in [0.1, 0.15) is 12.5 Å². The molecule has 194 valence electrons. The van der Waals surface area contributed by atoms with Crippen LogP contribution in [0.2, 0.25) is 5.02 Å². The third kappa shape index (κ3) is 5.94. The van der Waals surface area contributed by atoms with Gasteiger partial charge in [-0.3, -0.25) is 20.0 Å². The SMILES string of the molecule is CN1C=C2C=C(C1)C1N=CNC(NCCc3cc(Cl)cc(c3)CN3CCCC3C(=O)NCCC2)N1C. The fourth-order valence-corrected chi connectivity index (χ4v) is 6.09. The molecule has 0 aliphatic carbocycles. The normalized spacial score (nSPS) is 28.5. The number of amides is 1. The second-order valence-electron chi connectivity index (χ2n) is 10.4. The molecule has 6 bridgehead atoms. The minimum absolute atomic E-state index is 0.00196. The summed E-state index contributed by atoms with van der Waals surface area (Å²) in [4.78, 5) is 24.6. The van der Waals surface area contributed by atoms with Crippen molar-refractivity contribution in [1.29, 1.82) is 0 Å². The Morgan fingerprint density at radius 3 is 2.81 bits per heavy atom. The van der Waals surface area contributed by atoms with Crippen LogP contribution in [0.5, 0.6) is 0 Å². The number of fused-ring (bicyclic) bond motifs is 7. The number of allylic oxidation sites excluding steroid dienone is 2. The van der Waals surface area contributed by atoms with Crippen molar-refractivity contribution in [3.05, 3.63) is 57.8 Å². The van der Waals surface area contributed by atoms with Crippen LogP contribution in [0, 0.1) is 0 Å². The zero-order valence-corrected chi connectivity index (χ0v) is 22.1. The first kappa shape index (κ1) is 25.3. The van der Waals surface area contributed by atoms with Crippen molar-refractivity contribution < 1.29 is 4.79 Å². The zero-order valence-electron chi connectivity index (χ0n) is 21.3. The number of nitrogens with zero attached hydrogens (tertiary/aromatic N) is 4. The average Bonchev–Trinajstić information content (AvgIpc) is 3.30. The van der Waals surface area contributed by atoms with Crippen molar-refractivity contribution in [3.63, 3.8) is 0 Å². The van der Waals surface area contributed by atoms with Crippen LogP contribution in [0.3, 0.4) is 0 Å². The van der Waals surface area contributed by atoms with E-state index in [-0.39, 0.29) is 24.4 Å². The Morgan fingerprint density at radius 2 is 1.92 bits per heavy atom. The van der Waals surface area contributed by atoms with E-state index in [4.69, 9.17) is 16.6 Å². The van der Waals surface area contributed by atoms with Crippen LogP contribution in [0.4, 0.5) is 0 Å². The van der Waals surface area contributed by atoms with Crippen LogP contribution in [0.25, 0.3) is 0 Å². The third-order valence-corrected chi connectivity index (χ3v) is 7.74. The minimum atomic E-state index is -0.0647. The number of carbonyl (C=O) groups is 1. The van der Waals surface area contributed by atoms with Gasteiger partial charge in [0.25, 0.3) is 0 Å². The Balaban J connectivity index is 1.37. The Kier molecular flexibility index (Phi) is 7.96. The van der Waals surface area contributed by atoms with Gasteiger partial charge in [-0.2, -0.15) is 0 Å². The molecule has 4 aliphatic heterocycles. The van der Waals surface area contributed by atoms with Crippen LogP contribution < -0.4 is 16.0 Å². The highest BCUT2D eigenvalue weighted by molar-refractivity contribution is 6.30. The average molecular weight is 512 g/mol. The van der Waals surface area contributed by atoms with E-state index in [2.05, 4.69) is 63.1 Å². The van der Waals surface area contributed by atoms with Gasteiger partial charge in [-0.05, 0) is 80.1 Å². The van der Waals surface area contributed by atoms with Crippen LogP contribution in [-0.2, 0) is 17.8 Å². The number of benzene rings is 1. The minimum Gasteiger partial charge on any atom is -0.376 e. The molecular formula is C27H38ClN7O. The largest absolute Gasteiger partial charge is 0.376 e. The Labute approximate surface area is 219 Å². The smallest absolute Gasteiger partial charge is 0.237 e. The highest BCUT2D eigenvalue weighted by Crippen LogP contribution is 2.25. The third-order valence-electron chi connectivity index (χ3n) is 7.52. The quantitative estimate of drug-likeness (QED) is 0.496. The van der Waals surface area contributed by atoms with Gasteiger partial charge in [0.15, 0.2) is 0 Å². The van der Waals surface area contributed by atoms with Gasteiger partial charge in [0.2, 0.25) is 5.91 Å². The molecule has 1 aromatic carbocycles. The van der Waals surface area contributed by atoms with Crippen molar-refractivity contribution in [2.24, 2.45) is 4.99 Å². The molecule has 8 nitrogen and oxygen atoms in total. The number of carbonyl (C=O) groups excluding carboxylic acids is 1. The summed E-state index contributed by atoms with van der Waals surface area (Å²) in [5.74, 6) is 0.149. The van der Waals surface area contributed by atoms with Crippen molar-refractivity contribution in [1.82, 2.24) is 30.7 Å². The molecule has 3 N–H and O–H groups in total. The van der Waals surface area contributed by atoms with Crippen LogP contribution in [0.1, 0.15) is 36.8 Å². The molecule has 1 amide bonds. The molecule has 9 heteroatoms. The lowest BCUT2D eigenvalue weighted by Crippen LogP contribution is -2.59. The summed E-state index contributed by atoms with van der Waals surface area (Å²) >= 11 is 6.50. The summed E-state index contributed by atoms with van der Waals surface area (Å²) in [6.45, 7) is 4.03. The second kappa shape index (κ2) is 11.3. The Hall–Kier alpha value is -2.39. The topological polar surface area (TPSA) is 75.2 Å². The molecule has 0 saturated carbocycles. The first-order chi connectivity index (χ1) is 17.5. The van der Waals surface area contributed by atoms with E-state index >= 15 is 0 Å². The monoisotopic (exact) mass is 511 g/mol. The number of halogens is 1. The van der Waals surface area contributed by atoms with Crippen LogP contribution >= 0.6 is 11.6 Å². The summed E-state index contributed by atoms with van der Waals surface area (Å²) in [6.07, 6.45) is 11.0. The molecule has 1 fully saturated rings. The number of hydrogen-bond donors (Lipinski definition) is 3. The van der Waals surface area contributed by atoms with Gasteiger partial charge < -0.3 is 15.5 Å². The maximum absolute atomic E-state index is 13.0. The predicted molar refractivity (Wildman–Crippen MR) is 145 cm³/mol. The zero-order chi connectivity index (χ0) is 25.1. The molecule has 3 unspecified atom stereocenters. The predicted octanol–water partition coefficient (Wildman–Crippen LogP) is 2.28. The van der Waals surface area contributed by atoms with Crippen molar-refractivity contribution in [2.75, 3.05) is 40.3 Å². The summed E-state index contributed by atoms with van der Waals surface area (Å²) in [7, 11) is 4.22. The second-order valence-corrected chi connectivity index (χ2v) is 10.9. The van der Waals surface area contributed by atoms with Gasteiger partial charge in [0.05, 0.1) is 12.4 Å². The molecule has 1 aromatic rings. The van der Waals surface area contributed by atoms with Gasteiger partial charge in [-0.15, -0.1) is 0 Å². The van der Waals surface area contributed by atoms with E-state index < -0.39 is 0 Å². The van der Waals surface area contributed by atoms with Crippen LogP contribution in [0.15, 0.2) is 46.6 Å². The van der Waals surface area contributed by atoms with Gasteiger partial charge >= 0.3 is 0 Å². The number of nitrogens with one attached hydrogen (secondary N) is 3. The molecule has 36 heavy (non-hydrogen) atoms. The lowest BCUT2D eigenvalue weighted by atomic mass is 10.0. The van der Waals surface area contributed by atoms with E-state index in [1.54, 1.807) is 0 Å². The van der Waals surface area contributed by atoms with Crippen LogP contribution in [-0.4, -0.2) is 85.7 Å². The first-order valence-corrected chi connectivity index (χ1v) is 13.5. The highest BCUT2D eigenvalue weighted by Gasteiger charge is 2.31. The Bertz CT molecular complexity index is 1050. The molecule has 0 radical (unpaired) electrons. The molecule has 4 heterocycles. The summed E-state index contributed by atoms with van der Waals surface area (Å²) in [5, 5.41) is 11.0. The number of hydrogen-bond acceptors (Lipinski definition) is 7. The van der Waals surface area contributed by atoms with E-state index in [0.717, 1.165) is 63.3 Å². The molecular weight excluding hydrogens is 474 g/mol. The van der Waals surface area contributed by atoms with E-state index in [9.17, 15) is 4.79 Å². The fourth-order valence-electron chi connectivity index (χ4n) is 5.81. The van der Waals surface area contributed by atoms with Crippen molar-refractivity contribution in [2.45, 2.75) is 57.1 Å². The molecule has 1 saturated heterocycles. The highest BCUT2D eigenvalue weighted by atomic mass is 35.5. The van der Waals surface area contributed by atoms with Crippen molar-refractivity contribution >= 4 is 23.8 Å². The summed E-state index contributed by atoms with van der Waals surface area (Å²) in [5.41, 5.74) is 4.94. The number of rotatable bonds is 0. The van der Waals surface area contributed by atoms with E-state index in [1.165, 1.54) is 22.3 Å². The molecule has 3 atom stereocenters. The molecule has 5 rings (SSSR count). The molecule has 4 aliphatic rings. The van der Waals surface area contributed by atoms with E-state index in [1.807, 2.05) is 18.5 Å². The summed E-state index contributed by atoms with van der Waals surface area (Å²) < 4.78 is 0. The fraction of sp³-hybridized carbons (Fsp3) is 0.556. The maximum atomic E-state index is 13.0. The van der Waals surface area contributed by atoms with Gasteiger partial charge in [0, 0.05) is 44.4 Å². The lowest BCUT2D eigenvalue weighted by molar-refractivity contribution is -0.125. The first-order valence-electron chi connectivity index (χ1n) is 13.1. The molecule has 0 spiro atoms. The Morgan fingerprint density at radius 1 is 1.06 bits per heavy atom. The van der Waals surface area contributed by atoms with Crippen molar-refractivity contribution in [3.8, 4) is 0 Å². The lowest BCUT2D eigenvalue weighted by Gasteiger charge is -2.39. The maximum Gasteiger partial charge on any atom is 0.237 e. The number of likely N-dealkylation sites (N-methyl/N-ethyl adjacent to an activating group) is 2. The van der Waals surface area contributed by atoms with E-state index in [0.29, 0.717) is 6.54 Å². The standard InChI is InChI=1S/C27H38ClN7O/c1-33-15-20-5-3-8-29-26(36)24-6-4-10-35(24)16-21-11-19(13-23(28)14-21)7-9-30-27-32-18-31-25(34(27)2)22(12-20)17-33/h11-15,18,24-25,27,30H,3-10,16-17H2,1-2H3,(H,29,36)(H,31,32). The number of aliphatic imine (C=N–C) groups is 1. The van der Waals surface area contributed by atoms with Gasteiger partial charge in [-0.25, -0.2) is 4.90 Å². The van der Waals surface area contributed by atoms with Gasteiger partial charge in [-0.1, -0.05) is 23.7 Å². The molecule has 0 aromatic heterocycles. The summed E-state index contributed by atoms with van der Waals surface area (Å²) in [6, 6.07) is 6.25.